The van der Waals surface area contributed by atoms with E-state index in [4.69, 9.17) is 4.74 Å². The number of nitrogens with one attached hydrogen (secondary N) is 2. The highest BCUT2D eigenvalue weighted by molar-refractivity contribution is 5.89. The minimum absolute atomic E-state index is 0.0905. The van der Waals surface area contributed by atoms with Gasteiger partial charge in [-0.15, -0.1) is 0 Å². The fourth-order valence-corrected chi connectivity index (χ4v) is 4.47. The van der Waals surface area contributed by atoms with Crippen LogP contribution in [-0.2, 0) is 14.3 Å². The van der Waals surface area contributed by atoms with E-state index >= 15 is 0 Å². The first-order chi connectivity index (χ1) is 16.5. The standard InChI is InChI=1S/C28H36N2O5/c1-6-17(2)15-23(25(31)30-24(26(32)33)28(3,4)5)29-27(34)35-16-22-20-13-9-7-11-18(20)19-12-8-10-14-21(19)22/h7-14,17,22-24H,6,15-16H2,1-5H3,(H,29,34)(H,30,31)(H,32,33)/t17?,23?,24-/m1/s1. The Morgan fingerprint density at radius 3 is 2.00 bits per heavy atom. The van der Waals surface area contributed by atoms with E-state index in [0.29, 0.717) is 6.42 Å². The molecule has 0 radical (unpaired) electrons. The van der Waals surface area contributed by atoms with E-state index in [2.05, 4.69) is 22.8 Å². The second-order valence-corrected chi connectivity index (χ2v) is 10.4. The minimum Gasteiger partial charge on any atom is -0.480 e. The molecule has 2 amide bonds. The van der Waals surface area contributed by atoms with E-state index in [-0.39, 0.29) is 18.4 Å². The highest BCUT2D eigenvalue weighted by Crippen LogP contribution is 2.44. The number of benzene rings is 2. The number of hydrogen-bond donors (Lipinski definition) is 3. The van der Waals surface area contributed by atoms with Gasteiger partial charge in [-0.25, -0.2) is 9.59 Å². The molecule has 0 aliphatic heterocycles. The molecule has 7 nitrogen and oxygen atoms in total. The molecule has 0 spiro atoms. The van der Waals surface area contributed by atoms with Crippen LogP contribution in [0.15, 0.2) is 48.5 Å². The van der Waals surface area contributed by atoms with Gasteiger partial charge in [0.25, 0.3) is 0 Å². The normalized spacial score (nSPS) is 15.3. The second kappa shape index (κ2) is 10.9. The molecule has 0 aromatic heterocycles. The van der Waals surface area contributed by atoms with E-state index in [9.17, 15) is 19.5 Å². The summed E-state index contributed by atoms with van der Waals surface area (Å²) in [4.78, 5) is 37.6. The van der Waals surface area contributed by atoms with Crippen molar-refractivity contribution in [1.82, 2.24) is 10.6 Å². The average Bonchev–Trinajstić information content (AvgIpc) is 3.13. The molecule has 0 bridgehead atoms. The molecule has 0 saturated carbocycles. The molecule has 0 heterocycles. The highest BCUT2D eigenvalue weighted by Gasteiger charge is 2.35. The zero-order valence-corrected chi connectivity index (χ0v) is 21.1. The Hall–Kier alpha value is -3.35. The summed E-state index contributed by atoms with van der Waals surface area (Å²) in [5, 5.41) is 14.9. The fourth-order valence-electron chi connectivity index (χ4n) is 4.47. The number of carbonyl (C=O) groups is 3. The minimum atomic E-state index is -1.12. The zero-order valence-electron chi connectivity index (χ0n) is 21.1. The van der Waals surface area contributed by atoms with Crippen LogP contribution in [0.4, 0.5) is 4.79 Å². The van der Waals surface area contributed by atoms with Crippen LogP contribution >= 0.6 is 0 Å². The van der Waals surface area contributed by atoms with E-state index in [1.54, 1.807) is 20.8 Å². The average molecular weight is 481 g/mol. The molecule has 2 unspecified atom stereocenters. The van der Waals surface area contributed by atoms with Gasteiger partial charge in [-0.1, -0.05) is 89.6 Å². The SMILES string of the molecule is CCC(C)CC(NC(=O)OCC1c2ccccc2-c2ccccc21)C(=O)N[C@H](C(=O)O)C(C)(C)C. The van der Waals surface area contributed by atoms with Gasteiger partial charge in [-0.3, -0.25) is 4.79 Å². The second-order valence-electron chi connectivity index (χ2n) is 10.4. The molecule has 1 aliphatic carbocycles. The number of carboxylic acid groups (broad SMARTS) is 1. The lowest BCUT2D eigenvalue weighted by Crippen LogP contribution is -2.55. The van der Waals surface area contributed by atoms with Gasteiger partial charge in [-0.2, -0.15) is 0 Å². The number of amides is 2. The van der Waals surface area contributed by atoms with Gasteiger partial charge in [0, 0.05) is 5.92 Å². The number of ether oxygens (including phenoxy) is 1. The van der Waals surface area contributed by atoms with Crippen molar-refractivity contribution in [1.29, 1.82) is 0 Å². The third-order valence-electron chi connectivity index (χ3n) is 6.69. The van der Waals surface area contributed by atoms with Crippen LogP contribution in [0.25, 0.3) is 11.1 Å². The van der Waals surface area contributed by atoms with E-state index in [1.165, 1.54) is 0 Å². The molecule has 35 heavy (non-hydrogen) atoms. The van der Waals surface area contributed by atoms with Crippen LogP contribution in [0.5, 0.6) is 0 Å². The van der Waals surface area contributed by atoms with E-state index in [1.807, 2.05) is 50.2 Å². The van der Waals surface area contributed by atoms with Crippen LogP contribution in [0.1, 0.15) is 64.5 Å². The van der Waals surface area contributed by atoms with Crippen molar-refractivity contribution in [3.8, 4) is 11.1 Å². The number of fused-ring (bicyclic) bond motifs is 3. The van der Waals surface area contributed by atoms with Crippen molar-refractivity contribution < 1.29 is 24.2 Å². The largest absolute Gasteiger partial charge is 0.480 e. The molecule has 3 rings (SSSR count). The maximum Gasteiger partial charge on any atom is 0.407 e. The molecule has 0 saturated heterocycles. The number of rotatable bonds is 9. The van der Waals surface area contributed by atoms with Crippen LogP contribution in [0.3, 0.4) is 0 Å². The predicted molar refractivity (Wildman–Crippen MR) is 135 cm³/mol. The zero-order chi connectivity index (χ0) is 25.8. The van der Waals surface area contributed by atoms with Gasteiger partial charge < -0.3 is 20.5 Å². The number of aliphatic carboxylic acids is 1. The summed E-state index contributed by atoms with van der Waals surface area (Å²) in [6.07, 6.45) is 0.499. The third kappa shape index (κ3) is 6.21. The molecule has 1 aliphatic rings. The van der Waals surface area contributed by atoms with Crippen molar-refractivity contribution in [2.24, 2.45) is 11.3 Å². The quantitative estimate of drug-likeness (QED) is 0.471. The molecular weight excluding hydrogens is 444 g/mol. The lowest BCUT2D eigenvalue weighted by molar-refractivity contribution is -0.145. The molecule has 2 aromatic rings. The van der Waals surface area contributed by atoms with Crippen molar-refractivity contribution >= 4 is 18.0 Å². The summed E-state index contributed by atoms with van der Waals surface area (Å²) >= 11 is 0. The maximum atomic E-state index is 13.0. The smallest absolute Gasteiger partial charge is 0.407 e. The number of alkyl carbamates (subject to hydrolysis) is 1. The molecule has 7 heteroatoms. The summed E-state index contributed by atoms with van der Waals surface area (Å²) in [5.41, 5.74) is 3.78. The maximum absolute atomic E-state index is 13.0. The lowest BCUT2D eigenvalue weighted by atomic mass is 9.86. The third-order valence-corrected chi connectivity index (χ3v) is 6.69. The summed E-state index contributed by atoms with van der Waals surface area (Å²) in [7, 11) is 0. The number of carbonyl (C=O) groups excluding carboxylic acids is 2. The van der Waals surface area contributed by atoms with Crippen LogP contribution in [0, 0.1) is 11.3 Å². The van der Waals surface area contributed by atoms with Crippen LogP contribution in [0.2, 0.25) is 0 Å². The fraction of sp³-hybridized carbons (Fsp3) is 0.464. The topological polar surface area (TPSA) is 105 Å². The molecule has 188 valence electrons. The van der Waals surface area contributed by atoms with Crippen LogP contribution in [-0.4, -0.2) is 41.8 Å². The molecular formula is C28H36N2O5. The van der Waals surface area contributed by atoms with Gasteiger partial charge in [0.05, 0.1) is 0 Å². The molecule has 3 atom stereocenters. The van der Waals surface area contributed by atoms with Crippen molar-refractivity contribution in [2.45, 2.75) is 65.5 Å². The molecule has 0 fully saturated rings. The number of hydrogen-bond acceptors (Lipinski definition) is 4. The Balaban J connectivity index is 1.70. The summed E-state index contributed by atoms with van der Waals surface area (Å²) in [5.74, 6) is -1.58. The summed E-state index contributed by atoms with van der Waals surface area (Å²) in [6.45, 7) is 9.36. The Morgan fingerprint density at radius 1 is 0.971 bits per heavy atom. The summed E-state index contributed by atoms with van der Waals surface area (Å²) < 4.78 is 5.61. The van der Waals surface area contributed by atoms with Crippen LogP contribution < -0.4 is 10.6 Å². The van der Waals surface area contributed by atoms with E-state index in [0.717, 1.165) is 28.7 Å². The Morgan fingerprint density at radius 2 is 1.51 bits per heavy atom. The predicted octanol–water partition coefficient (Wildman–Crippen LogP) is 4.95. The van der Waals surface area contributed by atoms with Gasteiger partial charge >= 0.3 is 12.1 Å². The van der Waals surface area contributed by atoms with Gasteiger partial charge in [0.2, 0.25) is 5.91 Å². The van der Waals surface area contributed by atoms with Crippen molar-refractivity contribution in [3.63, 3.8) is 0 Å². The first-order valence-corrected chi connectivity index (χ1v) is 12.2. The van der Waals surface area contributed by atoms with Gasteiger partial charge in [0.1, 0.15) is 18.7 Å². The molecule has 2 aromatic carbocycles. The highest BCUT2D eigenvalue weighted by atomic mass is 16.5. The summed E-state index contributed by atoms with van der Waals surface area (Å²) in [6, 6.07) is 14.2. The molecule has 3 N–H and O–H groups in total. The Labute approximate surface area is 207 Å². The van der Waals surface area contributed by atoms with Gasteiger partial charge in [-0.05, 0) is 40.0 Å². The Kier molecular flexibility index (Phi) is 8.20. The van der Waals surface area contributed by atoms with Gasteiger partial charge in [0.15, 0.2) is 0 Å². The van der Waals surface area contributed by atoms with Crippen molar-refractivity contribution in [3.05, 3.63) is 59.7 Å². The first-order valence-electron chi connectivity index (χ1n) is 12.2. The lowest BCUT2D eigenvalue weighted by Gasteiger charge is -2.30. The monoisotopic (exact) mass is 480 g/mol. The Bertz CT molecular complexity index is 1030. The van der Waals surface area contributed by atoms with Crippen molar-refractivity contribution in [2.75, 3.05) is 6.61 Å². The number of carboxylic acids is 1. The first kappa shape index (κ1) is 26.3. The van der Waals surface area contributed by atoms with E-state index < -0.39 is 35.5 Å².